The standard InChI is InChI=1S/C19H15N3S2/c1-13(18-7-4-10-23-18)21-22-19-20-17(12-24-19)16-9-8-14-5-2-3-6-15(14)11-16/h2-12H,1H3,(H,20,22)/b21-13+. The average molecular weight is 349 g/mol. The van der Waals surface area contributed by atoms with Crippen LogP contribution in [0.15, 0.2) is 70.5 Å². The summed E-state index contributed by atoms with van der Waals surface area (Å²) in [6.07, 6.45) is 0. The van der Waals surface area contributed by atoms with Crippen LogP contribution in [0.25, 0.3) is 22.0 Å². The second kappa shape index (κ2) is 6.55. The van der Waals surface area contributed by atoms with Crippen molar-refractivity contribution >= 4 is 44.3 Å². The van der Waals surface area contributed by atoms with Gasteiger partial charge in [0.2, 0.25) is 5.13 Å². The lowest BCUT2D eigenvalue weighted by Gasteiger charge is -2.01. The fraction of sp³-hybridized carbons (Fsp3) is 0.0526. The summed E-state index contributed by atoms with van der Waals surface area (Å²) in [5, 5.41) is 11.8. The lowest BCUT2D eigenvalue weighted by Crippen LogP contribution is -1.96. The average Bonchev–Trinajstić information content (AvgIpc) is 3.31. The monoisotopic (exact) mass is 349 g/mol. The van der Waals surface area contributed by atoms with Crippen LogP contribution in [-0.2, 0) is 0 Å². The number of anilines is 1. The van der Waals surface area contributed by atoms with Crippen molar-refractivity contribution in [1.29, 1.82) is 0 Å². The van der Waals surface area contributed by atoms with Gasteiger partial charge < -0.3 is 0 Å². The molecule has 0 bridgehead atoms. The Bertz CT molecular complexity index is 1000. The molecule has 0 aliphatic rings. The summed E-state index contributed by atoms with van der Waals surface area (Å²) in [6.45, 7) is 2.00. The first-order valence-electron chi connectivity index (χ1n) is 7.58. The van der Waals surface area contributed by atoms with E-state index in [2.05, 4.69) is 74.8 Å². The predicted octanol–water partition coefficient (Wildman–Crippen LogP) is 5.86. The SMILES string of the molecule is C/C(=N\Nc1nc(-c2ccc3ccccc3c2)cs1)c1cccs1. The van der Waals surface area contributed by atoms with Gasteiger partial charge >= 0.3 is 0 Å². The van der Waals surface area contributed by atoms with E-state index in [-0.39, 0.29) is 0 Å². The van der Waals surface area contributed by atoms with Gasteiger partial charge in [-0.25, -0.2) is 4.98 Å². The van der Waals surface area contributed by atoms with E-state index in [1.165, 1.54) is 10.8 Å². The smallest absolute Gasteiger partial charge is 0.203 e. The maximum Gasteiger partial charge on any atom is 0.203 e. The number of fused-ring (bicyclic) bond motifs is 1. The van der Waals surface area contributed by atoms with Gasteiger partial charge in [0.1, 0.15) is 0 Å². The zero-order valence-electron chi connectivity index (χ0n) is 13.1. The van der Waals surface area contributed by atoms with Gasteiger partial charge in [-0.05, 0) is 35.2 Å². The lowest BCUT2D eigenvalue weighted by molar-refractivity contribution is 1.28. The normalized spacial score (nSPS) is 11.8. The largest absolute Gasteiger partial charge is 0.252 e. The van der Waals surface area contributed by atoms with E-state index in [0.29, 0.717) is 0 Å². The van der Waals surface area contributed by atoms with Crippen LogP contribution in [-0.4, -0.2) is 10.7 Å². The van der Waals surface area contributed by atoms with E-state index in [9.17, 15) is 0 Å². The van der Waals surface area contributed by atoms with Crippen molar-refractivity contribution in [3.8, 4) is 11.3 Å². The van der Waals surface area contributed by atoms with Crippen LogP contribution in [0.2, 0.25) is 0 Å². The number of benzene rings is 2. The highest BCUT2D eigenvalue weighted by Gasteiger charge is 2.05. The molecule has 2 heterocycles. The van der Waals surface area contributed by atoms with Gasteiger partial charge in [0.25, 0.3) is 0 Å². The van der Waals surface area contributed by atoms with Crippen LogP contribution in [0.5, 0.6) is 0 Å². The van der Waals surface area contributed by atoms with Gasteiger partial charge in [0, 0.05) is 15.8 Å². The Labute approximate surface area is 148 Å². The fourth-order valence-corrected chi connectivity index (χ4v) is 3.82. The van der Waals surface area contributed by atoms with Crippen molar-refractivity contribution < 1.29 is 0 Å². The van der Waals surface area contributed by atoms with Gasteiger partial charge in [-0.15, -0.1) is 22.7 Å². The summed E-state index contributed by atoms with van der Waals surface area (Å²) in [4.78, 5) is 5.81. The summed E-state index contributed by atoms with van der Waals surface area (Å²) in [5.41, 5.74) is 6.12. The molecule has 4 rings (SSSR count). The molecule has 0 atom stereocenters. The third kappa shape index (κ3) is 3.09. The number of thiophene rings is 1. The maximum atomic E-state index is 4.64. The van der Waals surface area contributed by atoms with Crippen molar-refractivity contribution in [3.05, 3.63) is 70.2 Å². The fourth-order valence-electron chi connectivity index (χ4n) is 2.48. The van der Waals surface area contributed by atoms with Gasteiger partial charge in [0.05, 0.1) is 11.4 Å². The molecular formula is C19H15N3S2. The second-order valence-electron chi connectivity index (χ2n) is 5.39. The van der Waals surface area contributed by atoms with Crippen LogP contribution < -0.4 is 5.43 Å². The van der Waals surface area contributed by atoms with E-state index < -0.39 is 0 Å². The first-order valence-corrected chi connectivity index (χ1v) is 9.34. The highest BCUT2D eigenvalue weighted by molar-refractivity contribution is 7.14. The molecule has 0 amide bonds. The molecule has 0 spiro atoms. The van der Waals surface area contributed by atoms with Gasteiger partial charge in [-0.2, -0.15) is 5.10 Å². The van der Waals surface area contributed by atoms with E-state index >= 15 is 0 Å². The Morgan fingerprint density at radius 1 is 1.00 bits per heavy atom. The Balaban J connectivity index is 1.56. The molecule has 0 aliphatic heterocycles. The number of hydrogen-bond acceptors (Lipinski definition) is 5. The molecule has 0 saturated heterocycles. The van der Waals surface area contributed by atoms with E-state index in [1.807, 2.05) is 13.0 Å². The van der Waals surface area contributed by atoms with Crippen molar-refractivity contribution in [1.82, 2.24) is 4.98 Å². The number of hydrazone groups is 1. The molecule has 1 N–H and O–H groups in total. The number of rotatable bonds is 4. The summed E-state index contributed by atoms with van der Waals surface area (Å²) in [7, 11) is 0. The molecule has 0 radical (unpaired) electrons. The molecule has 3 nitrogen and oxygen atoms in total. The number of hydrogen-bond donors (Lipinski definition) is 1. The van der Waals surface area contributed by atoms with Crippen LogP contribution in [0.1, 0.15) is 11.8 Å². The molecule has 4 aromatic rings. The zero-order valence-corrected chi connectivity index (χ0v) is 14.7. The topological polar surface area (TPSA) is 37.3 Å². The molecule has 0 aliphatic carbocycles. The van der Waals surface area contributed by atoms with E-state index in [0.717, 1.165) is 27.0 Å². The van der Waals surface area contributed by atoms with Crippen LogP contribution >= 0.6 is 22.7 Å². The first kappa shape index (κ1) is 15.1. The summed E-state index contributed by atoms with van der Waals surface area (Å²) >= 11 is 3.24. The highest BCUT2D eigenvalue weighted by atomic mass is 32.1. The van der Waals surface area contributed by atoms with Crippen molar-refractivity contribution in [3.63, 3.8) is 0 Å². The Kier molecular flexibility index (Phi) is 4.11. The summed E-state index contributed by atoms with van der Waals surface area (Å²) < 4.78 is 0. The van der Waals surface area contributed by atoms with Crippen molar-refractivity contribution in [2.45, 2.75) is 6.92 Å². The molecule has 0 fully saturated rings. The molecule has 2 aromatic carbocycles. The summed E-state index contributed by atoms with van der Waals surface area (Å²) in [6, 6.07) is 18.9. The zero-order chi connectivity index (χ0) is 16.4. The van der Waals surface area contributed by atoms with Crippen LogP contribution in [0.3, 0.4) is 0 Å². The minimum atomic E-state index is 0.800. The van der Waals surface area contributed by atoms with E-state index in [1.54, 1.807) is 22.7 Å². The number of nitrogens with one attached hydrogen (secondary N) is 1. The number of nitrogens with zero attached hydrogens (tertiary/aromatic N) is 2. The summed E-state index contributed by atoms with van der Waals surface area (Å²) in [5.74, 6) is 0. The Hall–Kier alpha value is -2.50. The molecule has 2 aromatic heterocycles. The number of aromatic nitrogens is 1. The molecule has 118 valence electrons. The molecule has 5 heteroatoms. The molecule has 0 unspecified atom stereocenters. The van der Waals surface area contributed by atoms with Crippen molar-refractivity contribution in [2.75, 3.05) is 5.43 Å². The Morgan fingerprint density at radius 3 is 2.71 bits per heavy atom. The molecular weight excluding hydrogens is 334 g/mol. The lowest BCUT2D eigenvalue weighted by atomic mass is 10.1. The van der Waals surface area contributed by atoms with Gasteiger partial charge in [-0.3, -0.25) is 5.43 Å². The minimum absolute atomic E-state index is 0.800. The number of thiazole rings is 1. The first-order chi connectivity index (χ1) is 11.8. The van der Waals surface area contributed by atoms with Gasteiger partial charge in [0.15, 0.2) is 0 Å². The van der Waals surface area contributed by atoms with Crippen molar-refractivity contribution in [2.24, 2.45) is 5.10 Å². The quantitative estimate of drug-likeness (QED) is 0.370. The molecule has 24 heavy (non-hydrogen) atoms. The third-order valence-electron chi connectivity index (χ3n) is 3.75. The Morgan fingerprint density at radius 2 is 1.88 bits per heavy atom. The van der Waals surface area contributed by atoms with Gasteiger partial charge in [-0.1, -0.05) is 42.5 Å². The highest BCUT2D eigenvalue weighted by Crippen LogP contribution is 2.27. The van der Waals surface area contributed by atoms with Crippen LogP contribution in [0, 0.1) is 0 Å². The minimum Gasteiger partial charge on any atom is -0.252 e. The van der Waals surface area contributed by atoms with E-state index in [4.69, 9.17) is 0 Å². The van der Waals surface area contributed by atoms with Crippen LogP contribution in [0.4, 0.5) is 5.13 Å². The predicted molar refractivity (Wildman–Crippen MR) is 105 cm³/mol. The second-order valence-corrected chi connectivity index (χ2v) is 7.19. The third-order valence-corrected chi connectivity index (χ3v) is 5.47. The molecule has 0 saturated carbocycles. The maximum absolute atomic E-state index is 4.64.